The molecule has 0 atom stereocenters. The Morgan fingerprint density at radius 1 is 1.14 bits per heavy atom. The van der Waals surface area contributed by atoms with Gasteiger partial charge in [0.05, 0.1) is 13.2 Å². The molecule has 4 heteroatoms. The standard InChI is InChI=1S/C10H19NO3/c1-6-13-8(10(3,4)5)11-9(12)14-7-2/h6-7H2,1-5H3. The highest BCUT2D eigenvalue weighted by Crippen LogP contribution is 2.17. The first kappa shape index (κ1) is 12.9. The second kappa shape index (κ2) is 5.62. The van der Waals surface area contributed by atoms with E-state index in [-0.39, 0.29) is 5.41 Å². The van der Waals surface area contributed by atoms with Gasteiger partial charge in [-0.3, -0.25) is 0 Å². The minimum absolute atomic E-state index is 0.275. The average molecular weight is 201 g/mol. The third kappa shape index (κ3) is 4.84. The minimum Gasteiger partial charge on any atom is -0.480 e. The average Bonchev–Trinajstić information content (AvgIpc) is 2.02. The van der Waals surface area contributed by atoms with Gasteiger partial charge in [-0.1, -0.05) is 20.8 Å². The molecule has 4 nitrogen and oxygen atoms in total. The number of ether oxygens (including phenoxy) is 2. The first-order chi connectivity index (χ1) is 6.41. The molecule has 82 valence electrons. The van der Waals surface area contributed by atoms with Crippen molar-refractivity contribution in [3.8, 4) is 0 Å². The van der Waals surface area contributed by atoms with Crippen LogP contribution in [0.15, 0.2) is 4.99 Å². The van der Waals surface area contributed by atoms with Crippen LogP contribution in [0.1, 0.15) is 34.6 Å². The second-order valence-electron chi connectivity index (χ2n) is 3.80. The molecule has 0 radical (unpaired) electrons. The van der Waals surface area contributed by atoms with Crippen LogP contribution >= 0.6 is 0 Å². The van der Waals surface area contributed by atoms with Gasteiger partial charge in [0.1, 0.15) is 0 Å². The zero-order valence-corrected chi connectivity index (χ0v) is 9.59. The largest absolute Gasteiger partial charge is 0.480 e. The fraction of sp³-hybridized carbons (Fsp3) is 0.800. The third-order valence-corrected chi connectivity index (χ3v) is 1.38. The molecule has 0 aromatic rings. The smallest absolute Gasteiger partial charge is 0.436 e. The van der Waals surface area contributed by atoms with Crippen LogP contribution in [0, 0.1) is 5.41 Å². The predicted molar refractivity (Wildman–Crippen MR) is 55.5 cm³/mol. The van der Waals surface area contributed by atoms with E-state index in [0.29, 0.717) is 19.1 Å². The number of carbonyl (C=O) groups excluding carboxylic acids is 1. The first-order valence-corrected chi connectivity index (χ1v) is 4.80. The lowest BCUT2D eigenvalue weighted by Crippen LogP contribution is -2.25. The summed E-state index contributed by atoms with van der Waals surface area (Å²) in [5.41, 5.74) is -0.275. The van der Waals surface area contributed by atoms with Crippen LogP contribution in [0.3, 0.4) is 0 Å². The zero-order valence-electron chi connectivity index (χ0n) is 9.59. The number of hydrogen-bond donors (Lipinski definition) is 0. The Balaban J connectivity index is 4.56. The maximum absolute atomic E-state index is 11.1. The molecule has 0 fully saturated rings. The molecule has 0 aliphatic heterocycles. The summed E-state index contributed by atoms with van der Waals surface area (Å²) >= 11 is 0. The van der Waals surface area contributed by atoms with E-state index in [4.69, 9.17) is 9.47 Å². The normalized spacial score (nSPS) is 12.5. The van der Waals surface area contributed by atoms with Gasteiger partial charge in [0, 0.05) is 5.41 Å². The Hall–Kier alpha value is -1.06. The van der Waals surface area contributed by atoms with Crippen LogP contribution in [0.4, 0.5) is 4.79 Å². The Labute approximate surface area is 85.3 Å². The molecular formula is C10H19NO3. The summed E-state index contributed by atoms with van der Waals surface area (Å²) in [7, 11) is 0. The number of rotatable bonds is 2. The molecular weight excluding hydrogens is 182 g/mol. The Kier molecular flexibility index (Phi) is 5.20. The molecule has 0 saturated heterocycles. The fourth-order valence-corrected chi connectivity index (χ4v) is 0.792. The van der Waals surface area contributed by atoms with Gasteiger partial charge < -0.3 is 9.47 Å². The molecule has 1 amide bonds. The highest BCUT2D eigenvalue weighted by molar-refractivity contribution is 5.91. The van der Waals surface area contributed by atoms with E-state index in [0.717, 1.165) is 0 Å². The molecule has 0 saturated carbocycles. The molecule has 0 aromatic heterocycles. The van der Waals surface area contributed by atoms with Gasteiger partial charge >= 0.3 is 6.09 Å². The summed E-state index contributed by atoms with van der Waals surface area (Å²) in [6.07, 6.45) is -0.592. The molecule has 0 N–H and O–H groups in total. The molecule has 0 spiro atoms. The van der Waals surface area contributed by atoms with Gasteiger partial charge in [0.15, 0.2) is 5.90 Å². The highest BCUT2D eigenvalue weighted by Gasteiger charge is 2.22. The summed E-state index contributed by atoms with van der Waals surface area (Å²) in [6.45, 7) is 10.2. The van der Waals surface area contributed by atoms with Gasteiger partial charge in [0.2, 0.25) is 0 Å². The van der Waals surface area contributed by atoms with Crippen molar-refractivity contribution in [2.45, 2.75) is 34.6 Å². The Bertz CT molecular complexity index is 216. The molecule has 0 aliphatic rings. The maximum Gasteiger partial charge on any atom is 0.436 e. The molecule has 0 aromatic carbocycles. The molecule has 14 heavy (non-hydrogen) atoms. The minimum atomic E-state index is -0.592. The zero-order chi connectivity index (χ0) is 11.2. The van der Waals surface area contributed by atoms with Gasteiger partial charge in [0.25, 0.3) is 0 Å². The van der Waals surface area contributed by atoms with E-state index < -0.39 is 6.09 Å². The van der Waals surface area contributed by atoms with Gasteiger partial charge in [-0.2, -0.15) is 0 Å². The lowest BCUT2D eigenvalue weighted by atomic mass is 9.97. The number of aliphatic imine (C=N–C) groups is 1. The van der Waals surface area contributed by atoms with Crippen LogP contribution in [0.2, 0.25) is 0 Å². The van der Waals surface area contributed by atoms with E-state index in [1.807, 2.05) is 27.7 Å². The van der Waals surface area contributed by atoms with Crippen molar-refractivity contribution in [2.24, 2.45) is 10.4 Å². The number of hydrogen-bond acceptors (Lipinski definition) is 3. The lowest BCUT2D eigenvalue weighted by molar-refractivity contribution is 0.161. The van der Waals surface area contributed by atoms with Crippen molar-refractivity contribution >= 4 is 12.0 Å². The van der Waals surface area contributed by atoms with Crippen molar-refractivity contribution in [1.82, 2.24) is 0 Å². The first-order valence-electron chi connectivity index (χ1n) is 4.80. The van der Waals surface area contributed by atoms with Crippen molar-refractivity contribution < 1.29 is 14.3 Å². The summed E-state index contributed by atoms with van der Waals surface area (Å²) in [4.78, 5) is 14.8. The van der Waals surface area contributed by atoms with E-state index in [9.17, 15) is 4.79 Å². The summed E-state index contributed by atoms with van der Waals surface area (Å²) in [5, 5.41) is 0. The number of carbonyl (C=O) groups is 1. The SMILES string of the molecule is CCOC(=O)N=C(OCC)C(C)(C)C. The number of amides is 1. The molecule has 0 rings (SSSR count). The third-order valence-electron chi connectivity index (χ3n) is 1.38. The van der Waals surface area contributed by atoms with E-state index in [1.165, 1.54) is 0 Å². The van der Waals surface area contributed by atoms with Gasteiger partial charge in [-0.05, 0) is 13.8 Å². The van der Waals surface area contributed by atoms with Crippen molar-refractivity contribution in [3.63, 3.8) is 0 Å². The molecule has 0 aliphatic carbocycles. The molecule has 0 heterocycles. The van der Waals surface area contributed by atoms with E-state index in [1.54, 1.807) is 6.92 Å². The monoisotopic (exact) mass is 201 g/mol. The summed E-state index contributed by atoms with van der Waals surface area (Å²) < 4.78 is 9.98. The van der Waals surface area contributed by atoms with Crippen molar-refractivity contribution in [2.75, 3.05) is 13.2 Å². The number of nitrogens with zero attached hydrogens (tertiary/aromatic N) is 1. The molecule has 0 unspecified atom stereocenters. The molecule has 0 bridgehead atoms. The van der Waals surface area contributed by atoms with Crippen LogP contribution in [0.5, 0.6) is 0 Å². The predicted octanol–water partition coefficient (Wildman–Crippen LogP) is 2.62. The van der Waals surface area contributed by atoms with Crippen LogP contribution in [-0.2, 0) is 9.47 Å². The van der Waals surface area contributed by atoms with E-state index in [2.05, 4.69) is 4.99 Å². The summed E-state index contributed by atoms with van der Waals surface area (Å²) in [5.74, 6) is 0.415. The quantitative estimate of drug-likeness (QED) is 0.509. The van der Waals surface area contributed by atoms with Crippen LogP contribution in [0.25, 0.3) is 0 Å². The van der Waals surface area contributed by atoms with Crippen LogP contribution < -0.4 is 0 Å². The van der Waals surface area contributed by atoms with Gasteiger partial charge in [-0.15, -0.1) is 4.99 Å². The topological polar surface area (TPSA) is 47.9 Å². The van der Waals surface area contributed by atoms with Crippen molar-refractivity contribution in [1.29, 1.82) is 0 Å². The Morgan fingerprint density at radius 2 is 1.64 bits per heavy atom. The Morgan fingerprint density at radius 3 is 2.00 bits per heavy atom. The maximum atomic E-state index is 11.1. The summed E-state index contributed by atoms with van der Waals surface area (Å²) in [6, 6.07) is 0. The second-order valence-corrected chi connectivity index (χ2v) is 3.80. The lowest BCUT2D eigenvalue weighted by Gasteiger charge is -2.20. The van der Waals surface area contributed by atoms with Crippen LogP contribution in [-0.4, -0.2) is 25.2 Å². The van der Waals surface area contributed by atoms with Gasteiger partial charge in [-0.25, -0.2) is 4.79 Å². The fourth-order valence-electron chi connectivity index (χ4n) is 0.792. The van der Waals surface area contributed by atoms with Crippen molar-refractivity contribution in [3.05, 3.63) is 0 Å². The van der Waals surface area contributed by atoms with E-state index >= 15 is 0 Å². The highest BCUT2D eigenvalue weighted by atomic mass is 16.6.